The Balaban J connectivity index is 0.777. The van der Waals surface area contributed by atoms with E-state index < -0.39 is 13.2 Å². The van der Waals surface area contributed by atoms with Gasteiger partial charge in [-0.05, 0) is 112 Å². The summed E-state index contributed by atoms with van der Waals surface area (Å²) in [6, 6.07) is 11.4. The summed E-state index contributed by atoms with van der Waals surface area (Å²) in [5, 5.41) is 3.66. The molecule has 20 heteroatoms. The van der Waals surface area contributed by atoms with Crippen LogP contribution in [0.5, 0.6) is 11.5 Å². The number of nitrogens with one attached hydrogen (secondary N) is 1. The molecule has 2 aromatic carbocycles. The second kappa shape index (κ2) is 18.4. The van der Waals surface area contributed by atoms with Crippen molar-refractivity contribution in [2.24, 2.45) is 18.4 Å². The number of benzene rings is 2. The number of carbonyl (C=O) groups is 3. The minimum atomic E-state index is -1.42. The zero-order valence-corrected chi connectivity index (χ0v) is 42.6. The fourth-order valence-corrected chi connectivity index (χ4v) is 11.4. The number of rotatable bonds is 12. The number of thiol groups is 6. The molecule has 0 saturated carbocycles. The van der Waals surface area contributed by atoms with Crippen LogP contribution >= 0.6 is 75.8 Å². The largest absolute Gasteiger partial charge is 0.458 e. The highest BCUT2D eigenvalue weighted by molar-refractivity contribution is 8.17. The Morgan fingerprint density at radius 2 is 1.48 bits per heavy atom. The standard InChI is InChI=1S/C47H56N8O6S6/c1-50-24-35(33-20-40(53-11-2-12-53)48-21-34(33)43(50)58)30-17-38(60-46(62,63)64)36(39(18-30)61-47(65,66)67)25-51-13-7-28(8-14-51)22-52-15-9-45(10-16-52)26-54(27-45)31-4-3-29-23-55(44(59)32(29)19-31)37-5-6-41(56)49-42(37)57/h3-4,17-21,24,28,37,62-67H,2,5-16,22-23,25-27H2,1H3,(H,49,56,57). The molecule has 356 valence electrons. The van der Waals surface area contributed by atoms with Gasteiger partial charge in [0.05, 0.1) is 10.9 Å². The predicted molar refractivity (Wildman–Crippen MR) is 281 cm³/mol. The lowest BCUT2D eigenvalue weighted by Gasteiger charge is -2.55. The van der Waals surface area contributed by atoms with Crippen molar-refractivity contribution in [2.45, 2.75) is 71.3 Å². The molecular formula is C47H56N8O6S6. The summed E-state index contributed by atoms with van der Waals surface area (Å²) < 4.78 is 11.4. The highest BCUT2D eigenvalue weighted by Crippen LogP contribution is 2.46. The van der Waals surface area contributed by atoms with Gasteiger partial charge in [-0.3, -0.25) is 29.4 Å². The summed E-state index contributed by atoms with van der Waals surface area (Å²) in [4.78, 5) is 66.9. The fourth-order valence-electron chi connectivity index (χ4n) is 10.8. The fraction of sp³-hybridized carbons (Fsp3) is 0.511. The van der Waals surface area contributed by atoms with Crippen molar-refractivity contribution in [1.29, 1.82) is 0 Å². The number of imide groups is 1. The van der Waals surface area contributed by atoms with E-state index in [1.807, 2.05) is 36.5 Å². The van der Waals surface area contributed by atoms with Crippen molar-refractivity contribution in [3.63, 3.8) is 0 Å². The Kier molecular flexibility index (Phi) is 13.0. The van der Waals surface area contributed by atoms with E-state index in [1.54, 1.807) is 22.7 Å². The molecule has 1 unspecified atom stereocenters. The lowest BCUT2D eigenvalue weighted by Crippen LogP contribution is -2.60. The Morgan fingerprint density at radius 1 is 0.791 bits per heavy atom. The van der Waals surface area contributed by atoms with E-state index in [1.165, 1.54) is 0 Å². The van der Waals surface area contributed by atoms with Crippen molar-refractivity contribution in [3.05, 3.63) is 75.8 Å². The average Bonchev–Trinajstić information content (AvgIpc) is 3.56. The monoisotopic (exact) mass is 1020 g/mol. The molecular weight excluding hydrogens is 965 g/mol. The Hall–Kier alpha value is -3.37. The third-order valence-electron chi connectivity index (χ3n) is 14.7. The van der Waals surface area contributed by atoms with Gasteiger partial charge in [0.1, 0.15) is 23.4 Å². The van der Waals surface area contributed by atoms with Crippen molar-refractivity contribution >= 4 is 116 Å². The topological polar surface area (TPSA) is 133 Å². The number of piperidine rings is 3. The summed E-state index contributed by atoms with van der Waals surface area (Å²) in [5.74, 6) is 1.56. The molecule has 10 rings (SSSR count). The average molecular weight is 1020 g/mol. The van der Waals surface area contributed by atoms with Gasteiger partial charge in [0.2, 0.25) is 19.0 Å². The maximum atomic E-state index is 13.5. The van der Waals surface area contributed by atoms with Gasteiger partial charge in [-0.1, -0.05) is 6.07 Å². The molecule has 0 bridgehead atoms. The first-order valence-electron chi connectivity index (χ1n) is 23.0. The molecule has 3 amide bonds. The lowest BCUT2D eigenvalue weighted by molar-refractivity contribution is -0.136. The molecule has 4 aromatic rings. The normalized spacial score (nSPS) is 21.7. The van der Waals surface area contributed by atoms with E-state index in [-0.39, 0.29) is 35.1 Å². The van der Waals surface area contributed by atoms with Gasteiger partial charge in [-0.15, -0.1) is 75.8 Å². The van der Waals surface area contributed by atoms with Gasteiger partial charge in [-0.25, -0.2) is 4.98 Å². The quantitative estimate of drug-likeness (QED) is 0.0517. The van der Waals surface area contributed by atoms with Crippen LogP contribution in [0.3, 0.4) is 0 Å². The van der Waals surface area contributed by atoms with Crippen LogP contribution in [0.25, 0.3) is 21.9 Å². The maximum Gasteiger partial charge on any atom is 0.259 e. The molecule has 0 aliphatic carbocycles. The molecule has 14 nitrogen and oxygen atoms in total. The van der Waals surface area contributed by atoms with Crippen molar-refractivity contribution in [3.8, 4) is 22.6 Å². The molecule has 5 saturated heterocycles. The molecule has 67 heavy (non-hydrogen) atoms. The second-order valence-corrected chi connectivity index (χ2v) is 25.2. The molecule has 0 radical (unpaired) electrons. The molecule has 2 aromatic heterocycles. The van der Waals surface area contributed by atoms with Crippen LogP contribution in [-0.4, -0.2) is 114 Å². The molecule has 5 fully saturated rings. The van der Waals surface area contributed by atoms with Gasteiger partial charge < -0.3 is 33.6 Å². The highest BCUT2D eigenvalue weighted by Gasteiger charge is 2.46. The SMILES string of the molecule is Cn1cc(-c2cc(OC(S)(S)S)c(CN3CCC(CN4CCC5(CC4)CN(c4ccc6c(c4)C(=O)N(C4CCC(=O)NC4=O)C6)C5)CC3)c(OC(S)(S)S)c2)c2cc(N3CCC3)ncc2c1=O. The Morgan fingerprint density at radius 3 is 2.10 bits per heavy atom. The smallest absolute Gasteiger partial charge is 0.259 e. The van der Waals surface area contributed by atoms with E-state index >= 15 is 0 Å². The number of fused-ring (bicyclic) bond motifs is 2. The van der Waals surface area contributed by atoms with E-state index in [2.05, 4.69) is 112 Å². The van der Waals surface area contributed by atoms with Gasteiger partial charge in [-0.2, -0.15) is 0 Å². The minimum Gasteiger partial charge on any atom is -0.458 e. The van der Waals surface area contributed by atoms with E-state index in [0.29, 0.717) is 47.9 Å². The molecule has 8 heterocycles. The first-order valence-corrected chi connectivity index (χ1v) is 25.7. The maximum absolute atomic E-state index is 13.5. The first kappa shape index (κ1) is 47.3. The van der Waals surface area contributed by atoms with Crippen molar-refractivity contribution in [2.75, 3.05) is 68.7 Å². The number of likely N-dealkylation sites (tertiary alicyclic amines) is 2. The molecule has 6 aliphatic rings. The third-order valence-corrected chi connectivity index (χ3v) is 15.2. The highest BCUT2D eigenvalue weighted by atomic mass is 32.2. The molecule has 6 aliphatic heterocycles. The van der Waals surface area contributed by atoms with Gasteiger partial charge in [0.25, 0.3) is 11.5 Å². The first-order chi connectivity index (χ1) is 31.9. The number of pyridine rings is 2. The number of hydrogen-bond acceptors (Lipinski definition) is 17. The van der Waals surface area contributed by atoms with E-state index in [4.69, 9.17) is 9.47 Å². The summed E-state index contributed by atoms with van der Waals surface area (Å²) >= 11 is 27.2. The Labute approximate surface area is 423 Å². The zero-order chi connectivity index (χ0) is 47.0. The molecule has 1 atom stereocenters. The van der Waals surface area contributed by atoms with Crippen LogP contribution in [0.2, 0.25) is 0 Å². The van der Waals surface area contributed by atoms with E-state index in [0.717, 1.165) is 130 Å². The van der Waals surface area contributed by atoms with Crippen molar-refractivity contribution < 1.29 is 23.9 Å². The van der Waals surface area contributed by atoms with Crippen LogP contribution < -0.4 is 30.1 Å². The number of nitrogens with zero attached hydrogens (tertiary/aromatic N) is 7. The summed E-state index contributed by atoms with van der Waals surface area (Å²) in [7, 11) is 1.73. The lowest BCUT2D eigenvalue weighted by atomic mass is 9.71. The van der Waals surface area contributed by atoms with Gasteiger partial charge in [0.15, 0.2) is 0 Å². The minimum absolute atomic E-state index is 0.132. The van der Waals surface area contributed by atoms with Crippen LogP contribution in [-0.2, 0) is 29.7 Å². The van der Waals surface area contributed by atoms with Gasteiger partial charge >= 0.3 is 0 Å². The molecule has 1 spiro atoms. The van der Waals surface area contributed by atoms with Crippen LogP contribution in [0.1, 0.15) is 66.4 Å². The summed E-state index contributed by atoms with van der Waals surface area (Å²) in [6.07, 6.45) is 9.61. The molecule has 1 N–H and O–H groups in total. The second-order valence-electron chi connectivity index (χ2n) is 19.3. The third kappa shape index (κ3) is 10.0. The van der Waals surface area contributed by atoms with E-state index in [9.17, 15) is 19.2 Å². The summed E-state index contributed by atoms with van der Waals surface area (Å²) in [6.45, 7) is 9.72. The number of aryl methyl sites for hydroxylation is 1. The number of ether oxygens (including phenoxy) is 2. The Bertz CT molecular complexity index is 2640. The number of amides is 3. The van der Waals surface area contributed by atoms with Crippen LogP contribution in [0.4, 0.5) is 11.5 Å². The van der Waals surface area contributed by atoms with Crippen LogP contribution in [0.15, 0.2) is 53.6 Å². The van der Waals surface area contributed by atoms with Gasteiger partial charge in [0, 0.05) is 99.3 Å². The summed E-state index contributed by atoms with van der Waals surface area (Å²) in [5.41, 5.74) is 5.09. The number of hydrogen-bond donors (Lipinski definition) is 7. The zero-order valence-electron chi connectivity index (χ0n) is 37.3. The van der Waals surface area contributed by atoms with Crippen molar-refractivity contribution in [1.82, 2.24) is 29.6 Å². The van der Waals surface area contributed by atoms with Crippen LogP contribution in [0, 0.1) is 11.3 Å². The number of carbonyl (C=O) groups excluding carboxylic acids is 3. The number of aromatic nitrogens is 2. The predicted octanol–water partition coefficient (Wildman–Crippen LogP) is 5.95. The number of anilines is 2.